The van der Waals surface area contributed by atoms with Crippen LogP contribution in [0.15, 0.2) is 25.3 Å². The Labute approximate surface area is 222 Å². The van der Waals surface area contributed by atoms with Crippen LogP contribution in [-0.4, -0.2) is 90.2 Å². The van der Waals surface area contributed by atoms with Crippen LogP contribution in [0.25, 0.3) is 0 Å². The van der Waals surface area contributed by atoms with Gasteiger partial charge in [0.05, 0.1) is 66.1 Å². The fourth-order valence-corrected chi connectivity index (χ4v) is 2.62. The first-order valence-electron chi connectivity index (χ1n) is 10.3. The summed E-state index contributed by atoms with van der Waals surface area (Å²) in [6, 6.07) is 0. The number of phosphoric acid groups is 1. The molecule has 0 aromatic heterocycles. The molecule has 14 heteroatoms. The Hall–Kier alpha value is -0.630. The average Bonchev–Trinajstić information content (AvgIpc) is 2.76. The molecule has 0 aromatic rings. The molecular weight excluding hydrogens is 486 g/mol. The molecule has 0 N–H and O–H groups in total. The summed E-state index contributed by atoms with van der Waals surface area (Å²) in [5.41, 5.74) is 0. The molecule has 0 heterocycles. The summed E-state index contributed by atoms with van der Waals surface area (Å²) in [4.78, 5) is 33.6. The number of esters is 2. The van der Waals surface area contributed by atoms with Crippen molar-refractivity contribution in [1.82, 2.24) is 0 Å². The van der Waals surface area contributed by atoms with E-state index in [0.717, 1.165) is 12.2 Å². The molecule has 0 bridgehead atoms. The van der Waals surface area contributed by atoms with E-state index < -0.39 is 32.0 Å². The third kappa shape index (κ3) is 23.1. The van der Waals surface area contributed by atoms with Gasteiger partial charge in [0.15, 0.2) is 0 Å². The van der Waals surface area contributed by atoms with Gasteiger partial charge < -0.3 is 42.4 Å². The van der Waals surface area contributed by atoms with Crippen molar-refractivity contribution in [2.24, 2.45) is 0 Å². The van der Waals surface area contributed by atoms with E-state index in [2.05, 4.69) is 22.2 Å². The van der Waals surface area contributed by atoms with E-state index in [9.17, 15) is 19.0 Å². The van der Waals surface area contributed by atoms with Gasteiger partial charge in [-0.1, -0.05) is 13.2 Å². The predicted octanol–water partition coefficient (Wildman–Crippen LogP) is -2.21. The van der Waals surface area contributed by atoms with Gasteiger partial charge in [-0.2, -0.15) is 0 Å². The molecule has 0 radical (unpaired) electrons. The second kappa shape index (κ2) is 22.8. The van der Waals surface area contributed by atoms with Crippen molar-refractivity contribution in [2.45, 2.75) is 26.1 Å². The first kappa shape index (κ1) is 35.5. The van der Waals surface area contributed by atoms with Crippen LogP contribution in [0.5, 0.6) is 0 Å². The van der Waals surface area contributed by atoms with Gasteiger partial charge in [-0.05, 0) is 13.8 Å². The minimum atomic E-state index is -4.46. The fourth-order valence-electron chi connectivity index (χ4n) is 1.95. The van der Waals surface area contributed by atoms with E-state index >= 15 is 0 Å². The SMILES string of the molecule is C=CC(=O)OC(C)COCCOCCOP(=O)([O-])OCCOCCOCC(C)OC(=O)C=C.[Na+]. The van der Waals surface area contributed by atoms with Gasteiger partial charge in [-0.3, -0.25) is 4.57 Å². The molecule has 0 aliphatic heterocycles. The number of carbonyl (C=O) groups is 2. The van der Waals surface area contributed by atoms with E-state index in [1.54, 1.807) is 13.8 Å². The van der Waals surface area contributed by atoms with Crippen molar-refractivity contribution in [2.75, 3.05) is 66.1 Å². The third-order valence-corrected chi connectivity index (χ3v) is 4.37. The van der Waals surface area contributed by atoms with Gasteiger partial charge in [0.2, 0.25) is 0 Å². The van der Waals surface area contributed by atoms with Crippen molar-refractivity contribution >= 4 is 19.8 Å². The molecule has 2 unspecified atom stereocenters. The molecule has 0 rings (SSSR count). The molecule has 0 saturated heterocycles. The van der Waals surface area contributed by atoms with Gasteiger partial charge in [-0.15, -0.1) is 0 Å². The first-order chi connectivity index (χ1) is 15.7. The predicted molar refractivity (Wildman–Crippen MR) is 114 cm³/mol. The molecule has 192 valence electrons. The molecule has 0 aromatic carbocycles. The molecule has 34 heavy (non-hydrogen) atoms. The molecule has 0 saturated carbocycles. The van der Waals surface area contributed by atoms with Crippen LogP contribution in [-0.2, 0) is 51.6 Å². The van der Waals surface area contributed by atoms with Crippen LogP contribution in [0.2, 0.25) is 0 Å². The van der Waals surface area contributed by atoms with Crippen molar-refractivity contribution < 1.29 is 86.1 Å². The maximum atomic E-state index is 11.6. The van der Waals surface area contributed by atoms with Crippen LogP contribution in [0.4, 0.5) is 0 Å². The summed E-state index contributed by atoms with van der Waals surface area (Å²) in [6.07, 6.45) is 1.29. The maximum Gasteiger partial charge on any atom is 1.00 e. The number of hydrogen-bond donors (Lipinski definition) is 0. The minimum absolute atomic E-state index is 0. The second-order valence-corrected chi connectivity index (χ2v) is 7.80. The number of phosphoric ester groups is 1. The van der Waals surface area contributed by atoms with E-state index in [4.69, 9.17) is 28.4 Å². The normalized spacial score (nSPS) is 14.2. The zero-order chi connectivity index (χ0) is 25.0. The van der Waals surface area contributed by atoms with Crippen molar-refractivity contribution in [1.29, 1.82) is 0 Å². The Kier molecular flexibility index (Phi) is 23.8. The Morgan fingerprint density at radius 1 is 0.735 bits per heavy atom. The van der Waals surface area contributed by atoms with Crippen LogP contribution >= 0.6 is 7.82 Å². The quantitative estimate of drug-likeness (QED) is 0.0501. The first-order valence-corrected chi connectivity index (χ1v) is 11.7. The second-order valence-electron chi connectivity index (χ2n) is 6.39. The number of ether oxygens (including phenoxy) is 6. The molecule has 0 spiro atoms. The minimum Gasteiger partial charge on any atom is -0.756 e. The fraction of sp³-hybridized carbons (Fsp3) is 0.700. The molecule has 12 nitrogen and oxygen atoms in total. The zero-order valence-electron chi connectivity index (χ0n) is 20.1. The Balaban J connectivity index is 0. The van der Waals surface area contributed by atoms with Crippen LogP contribution in [0.3, 0.4) is 0 Å². The molecular formula is C20H34NaO12P. The molecule has 0 amide bonds. The van der Waals surface area contributed by atoms with Gasteiger partial charge in [-0.25, -0.2) is 9.59 Å². The third-order valence-electron chi connectivity index (χ3n) is 3.37. The van der Waals surface area contributed by atoms with Gasteiger partial charge in [0.1, 0.15) is 12.2 Å². The van der Waals surface area contributed by atoms with E-state index in [-0.39, 0.29) is 95.6 Å². The summed E-state index contributed by atoms with van der Waals surface area (Å²) < 4.78 is 51.6. The Morgan fingerprint density at radius 2 is 1.06 bits per heavy atom. The summed E-state index contributed by atoms with van der Waals surface area (Å²) in [7, 11) is -4.46. The van der Waals surface area contributed by atoms with Gasteiger partial charge in [0.25, 0.3) is 7.82 Å². The molecule has 0 aliphatic carbocycles. The number of carbonyl (C=O) groups excluding carboxylic acids is 2. The van der Waals surface area contributed by atoms with Crippen molar-refractivity contribution in [3.05, 3.63) is 25.3 Å². The Bertz CT molecular complexity index is 570. The van der Waals surface area contributed by atoms with Crippen LogP contribution in [0, 0.1) is 0 Å². The Morgan fingerprint density at radius 3 is 1.41 bits per heavy atom. The summed E-state index contributed by atoms with van der Waals surface area (Å²) >= 11 is 0. The smallest absolute Gasteiger partial charge is 0.756 e. The summed E-state index contributed by atoms with van der Waals surface area (Å²) in [5, 5.41) is 0. The molecule has 0 aliphatic rings. The maximum absolute atomic E-state index is 11.6. The topological polar surface area (TPSA) is 148 Å². The van der Waals surface area contributed by atoms with Crippen LogP contribution in [0.1, 0.15) is 13.8 Å². The van der Waals surface area contributed by atoms with E-state index in [1.807, 2.05) is 0 Å². The summed E-state index contributed by atoms with van der Waals surface area (Å²) in [5.74, 6) is -1.06. The summed E-state index contributed by atoms with van der Waals surface area (Å²) in [6.45, 7) is 10.8. The molecule has 2 atom stereocenters. The number of hydrogen-bond acceptors (Lipinski definition) is 12. The largest absolute Gasteiger partial charge is 1.00 e. The van der Waals surface area contributed by atoms with E-state index in [0.29, 0.717) is 0 Å². The van der Waals surface area contributed by atoms with Crippen molar-refractivity contribution in [3.63, 3.8) is 0 Å². The van der Waals surface area contributed by atoms with Crippen molar-refractivity contribution in [3.8, 4) is 0 Å². The molecule has 0 fully saturated rings. The standard InChI is InChI=1S/C20H35O12P.Na/c1-5-19(21)31-17(3)15-27-9-7-25-11-13-29-33(23,24)30-14-12-26-8-10-28-16-18(4)32-20(22)6-2;/h5-6,17-18H,1-2,7-16H2,3-4H3,(H,23,24);/q;+1/p-1. The van der Waals surface area contributed by atoms with E-state index in [1.165, 1.54) is 0 Å². The average molecular weight is 520 g/mol. The number of rotatable bonds is 22. The van der Waals surface area contributed by atoms with Gasteiger partial charge in [0, 0.05) is 12.2 Å². The monoisotopic (exact) mass is 520 g/mol. The zero-order valence-corrected chi connectivity index (χ0v) is 23.0. The van der Waals surface area contributed by atoms with Gasteiger partial charge >= 0.3 is 41.5 Å². The van der Waals surface area contributed by atoms with Crippen LogP contribution < -0.4 is 34.5 Å².